The van der Waals surface area contributed by atoms with E-state index in [9.17, 15) is 24.3 Å². The molecule has 4 rings (SSSR count). The Morgan fingerprint density at radius 2 is 2.06 bits per heavy atom. The average molecular weight is 443 g/mol. The fraction of sp³-hybridized carbons (Fsp3) is 0.565. The lowest BCUT2D eigenvalue weighted by atomic mass is 9.71. The minimum atomic E-state index is -0.771. The molecule has 1 aliphatic carbocycles. The minimum absolute atomic E-state index is 0.0502. The summed E-state index contributed by atoms with van der Waals surface area (Å²) < 4.78 is 0. The second kappa shape index (κ2) is 8.90. The highest BCUT2D eigenvalue weighted by atomic mass is 16.3. The van der Waals surface area contributed by atoms with Gasteiger partial charge in [-0.05, 0) is 43.9 Å². The summed E-state index contributed by atoms with van der Waals surface area (Å²) in [4.78, 5) is 52.2. The number of carbonyl (C=O) groups is 4. The standard InChI is InChI=1S/C23H30N4O5/c1-15(28)24-17-6-4-7-18(13-17)27-21(30)19(25-22(27)31)8-9-20(29)26-12-11-23(32)10-3-2-5-16(23)14-26/h4,6-7,13,16,19,32H,2-3,5,8-12,14H2,1H3,(H,24,28)(H,25,31)/t16-,19-,23-/m0/s1. The van der Waals surface area contributed by atoms with Crippen LogP contribution in [0.25, 0.3) is 0 Å². The molecular formula is C23H30N4O5. The van der Waals surface area contributed by atoms with Crippen molar-refractivity contribution in [2.75, 3.05) is 23.3 Å². The maximum atomic E-state index is 12.9. The predicted octanol–water partition coefficient (Wildman–Crippen LogP) is 2.00. The van der Waals surface area contributed by atoms with Gasteiger partial charge in [0.25, 0.3) is 5.91 Å². The molecule has 2 heterocycles. The number of carbonyl (C=O) groups excluding carboxylic acids is 4. The molecule has 3 aliphatic rings. The lowest BCUT2D eigenvalue weighted by molar-refractivity contribution is -0.143. The van der Waals surface area contributed by atoms with Crippen LogP contribution in [0.4, 0.5) is 16.2 Å². The van der Waals surface area contributed by atoms with Crippen LogP contribution >= 0.6 is 0 Å². The van der Waals surface area contributed by atoms with Crippen LogP contribution in [-0.2, 0) is 14.4 Å². The normalized spacial score (nSPS) is 27.7. The van der Waals surface area contributed by atoms with Gasteiger partial charge in [0.2, 0.25) is 11.8 Å². The van der Waals surface area contributed by atoms with E-state index in [-0.39, 0.29) is 30.6 Å². The van der Waals surface area contributed by atoms with E-state index in [4.69, 9.17) is 0 Å². The number of likely N-dealkylation sites (tertiary alicyclic amines) is 1. The van der Waals surface area contributed by atoms with Gasteiger partial charge in [-0.2, -0.15) is 0 Å². The van der Waals surface area contributed by atoms with E-state index in [0.717, 1.165) is 30.6 Å². The zero-order valence-electron chi connectivity index (χ0n) is 18.3. The molecule has 172 valence electrons. The number of hydrogen-bond acceptors (Lipinski definition) is 5. The van der Waals surface area contributed by atoms with Crippen LogP contribution in [0.2, 0.25) is 0 Å². The van der Waals surface area contributed by atoms with Gasteiger partial charge in [-0.1, -0.05) is 18.9 Å². The molecule has 3 atom stereocenters. The van der Waals surface area contributed by atoms with Crippen molar-refractivity contribution in [1.82, 2.24) is 10.2 Å². The van der Waals surface area contributed by atoms with Crippen molar-refractivity contribution in [3.8, 4) is 0 Å². The van der Waals surface area contributed by atoms with E-state index in [1.54, 1.807) is 29.2 Å². The van der Waals surface area contributed by atoms with Crippen LogP contribution in [0.15, 0.2) is 24.3 Å². The van der Waals surface area contributed by atoms with Crippen LogP contribution < -0.4 is 15.5 Å². The second-order valence-corrected chi connectivity index (χ2v) is 9.08. The van der Waals surface area contributed by atoms with Gasteiger partial charge in [0.05, 0.1) is 11.3 Å². The monoisotopic (exact) mass is 442 g/mol. The van der Waals surface area contributed by atoms with Crippen LogP contribution in [0.5, 0.6) is 0 Å². The molecule has 0 radical (unpaired) electrons. The highest BCUT2D eigenvalue weighted by Crippen LogP contribution is 2.40. The number of imide groups is 1. The summed E-state index contributed by atoms with van der Waals surface area (Å²) in [5.74, 6) is -0.595. The summed E-state index contributed by atoms with van der Waals surface area (Å²) in [6, 6.07) is 5.19. The van der Waals surface area contributed by atoms with Gasteiger partial charge in [-0.15, -0.1) is 0 Å². The van der Waals surface area contributed by atoms with Gasteiger partial charge in [0.15, 0.2) is 0 Å². The Bertz CT molecular complexity index is 935. The van der Waals surface area contributed by atoms with Crippen molar-refractivity contribution in [2.24, 2.45) is 5.92 Å². The number of hydrogen-bond donors (Lipinski definition) is 3. The maximum absolute atomic E-state index is 12.9. The zero-order chi connectivity index (χ0) is 22.9. The summed E-state index contributed by atoms with van der Waals surface area (Å²) in [6.07, 6.45) is 4.83. The molecule has 3 fully saturated rings. The third-order valence-electron chi connectivity index (χ3n) is 6.87. The Balaban J connectivity index is 1.35. The first-order valence-electron chi connectivity index (χ1n) is 11.3. The highest BCUT2D eigenvalue weighted by Gasteiger charge is 2.44. The van der Waals surface area contributed by atoms with Gasteiger partial charge >= 0.3 is 6.03 Å². The molecule has 1 saturated carbocycles. The first-order chi connectivity index (χ1) is 15.3. The molecule has 0 bridgehead atoms. The van der Waals surface area contributed by atoms with Crippen LogP contribution in [-0.4, -0.2) is 58.5 Å². The number of urea groups is 1. The number of nitrogens with one attached hydrogen (secondary N) is 2. The Morgan fingerprint density at radius 1 is 1.25 bits per heavy atom. The molecule has 1 aromatic carbocycles. The quantitative estimate of drug-likeness (QED) is 0.603. The second-order valence-electron chi connectivity index (χ2n) is 9.08. The highest BCUT2D eigenvalue weighted by molar-refractivity contribution is 6.21. The lowest BCUT2D eigenvalue weighted by Gasteiger charge is -2.47. The van der Waals surface area contributed by atoms with Crippen molar-refractivity contribution in [3.63, 3.8) is 0 Å². The Labute approximate surface area is 187 Å². The molecule has 0 spiro atoms. The van der Waals surface area contributed by atoms with Gasteiger partial charge < -0.3 is 20.6 Å². The largest absolute Gasteiger partial charge is 0.389 e. The summed E-state index contributed by atoms with van der Waals surface area (Å²) in [6.45, 7) is 2.46. The van der Waals surface area contributed by atoms with Gasteiger partial charge in [-0.3, -0.25) is 14.4 Å². The van der Waals surface area contributed by atoms with Crippen molar-refractivity contribution in [1.29, 1.82) is 0 Å². The average Bonchev–Trinajstić information content (AvgIpc) is 3.04. The number of anilines is 2. The van der Waals surface area contributed by atoms with Crippen molar-refractivity contribution in [2.45, 2.75) is 63.5 Å². The fourth-order valence-corrected chi connectivity index (χ4v) is 5.12. The Morgan fingerprint density at radius 3 is 2.84 bits per heavy atom. The summed E-state index contributed by atoms with van der Waals surface area (Å²) in [7, 11) is 0. The van der Waals surface area contributed by atoms with E-state index >= 15 is 0 Å². The first-order valence-corrected chi connectivity index (χ1v) is 11.3. The number of benzene rings is 1. The van der Waals surface area contributed by atoms with Gasteiger partial charge in [-0.25, -0.2) is 9.69 Å². The number of piperidine rings is 1. The molecule has 5 amide bonds. The van der Waals surface area contributed by atoms with E-state index in [1.807, 2.05) is 0 Å². The molecule has 9 nitrogen and oxygen atoms in total. The molecule has 32 heavy (non-hydrogen) atoms. The molecule has 9 heteroatoms. The minimum Gasteiger partial charge on any atom is -0.389 e. The summed E-state index contributed by atoms with van der Waals surface area (Å²) >= 11 is 0. The first kappa shape index (κ1) is 22.3. The SMILES string of the molecule is CC(=O)Nc1cccc(N2C(=O)N[C@@H](CCC(=O)N3CC[C@@]4(O)CCCC[C@H]4C3)C2=O)c1. The molecule has 2 saturated heterocycles. The number of fused-ring (bicyclic) bond motifs is 1. The summed E-state index contributed by atoms with van der Waals surface area (Å²) in [5.41, 5.74) is 0.207. The lowest BCUT2D eigenvalue weighted by Crippen LogP contribution is -2.54. The van der Waals surface area contributed by atoms with Gasteiger partial charge in [0, 0.05) is 38.0 Å². The molecule has 2 aliphatic heterocycles. The predicted molar refractivity (Wildman–Crippen MR) is 118 cm³/mol. The number of amides is 5. The smallest absolute Gasteiger partial charge is 0.329 e. The fourth-order valence-electron chi connectivity index (χ4n) is 5.12. The van der Waals surface area contributed by atoms with Crippen molar-refractivity contribution in [3.05, 3.63) is 24.3 Å². The van der Waals surface area contributed by atoms with Crippen molar-refractivity contribution >= 4 is 35.1 Å². The van der Waals surface area contributed by atoms with Gasteiger partial charge in [0.1, 0.15) is 6.04 Å². The third kappa shape index (κ3) is 4.48. The Hall–Kier alpha value is -2.94. The molecule has 1 aromatic rings. The number of rotatable bonds is 5. The van der Waals surface area contributed by atoms with Crippen molar-refractivity contribution < 1.29 is 24.3 Å². The third-order valence-corrected chi connectivity index (χ3v) is 6.87. The maximum Gasteiger partial charge on any atom is 0.329 e. The van der Waals surface area contributed by atoms with E-state index < -0.39 is 23.6 Å². The number of aliphatic hydroxyl groups is 1. The number of nitrogens with zero attached hydrogens (tertiary/aromatic N) is 2. The molecular weight excluding hydrogens is 412 g/mol. The van der Waals surface area contributed by atoms with E-state index in [0.29, 0.717) is 30.9 Å². The molecule has 3 N–H and O–H groups in total. The molecule has 0 unspecified atom stereocenters. The van der Waals surface area contributed by atoms with Crippen LogP contribution in [0.1, 0.15) is 51.9 Å². The summed E-state index contributed by atoms with van der Waals surface area (Å²) in [5, 5.41) is 16.1. The zero-order valence-corrected chi connectivity index (χ0v) is 18.3. The van der Waals surface area contributed by atoms with Crippen LogP contribution in [0, 0.1) is 5.92 Å². The van der Waals surface area contributed by atoms with Crippen LogP contribution in [0.3, 0.4) is 0 Å². The molecule has 0 aromatic heterocycles. The van der Waals surface area contributed by atoms with E-state index in [2.05, 4.69) is 10.6 Å². The Kier molecular flexibility index (Phi) is 6.19. The topological polar surface area (TPSA) is 119 Å². The van der Waals surface area contributed by atoms with E-state index in [1.165, 1.54) is 6.92 Å².